The molecule has 4 aromatic carbocycles. The number of nitrogens with zero attached hydrogens (tertiary/aromatic N) is 1. The van der Waals surface area contributed by atoms with Gasteiger partial charge in [-0.3, -0.25) is 4.99 Å². The molecule has 1 aliphatic rings. The number of rotatable bonds is 2. The van der Waals surface area contributed by atoms with Gasteiger partial charge >= 0.3 is 0 Å². The molecule has 3 heteroatoms. The zero-order valence-electron chi connectivity index (χ0n) is 14.6. The molecule has 0 aliphatic carbocycles. The minimum Gasteiger partial charge on any atom is -0.340 e. The molecule has 0 bridgehead atoms. The number of amidine groups is 1. The van der Waals surface area contributed by atoms with Gasteiger partial charge in [0.1, 0.15) is 11.9 Å². The number of aliphatic imine (C=N–C) groups is 1. The summed E-state index contributed by atoms with van der Waals surface area (Å²) in [7, 11) is 0. The van der Waals surface area contributed by atoms with Crippen molar-refractivity contribution >= 4 is 33.9 Å². The number of anilines is 1. The monoisotopic (exact) mass is 368 g/mol. The van der Waals surface area contributed by atoms with E-state index in [1.165, 1.54) is 21.9 Å². The molecule has 5 rings (SSSR count). The summed E-state index contributed by atoms with van der Waals surface area (Å²) in [5.41, 5.74) is 4.53. The maximum Gasteiger partial charge on any atom is 0.133 e. The highest BCUT2D eigenvalue weighted by Crippen LogP contribution is 2.40. The van der Waals surface area contributed by atoms with Crippen LogP contribution in [-0.2, 0) is 0 Å². The molecule has 4 aromatic rings. The Morgan fingerprint density at radius 3 is 2.30 bits per heavy atom. The Balaban J connectivity index is 1.74. The Labute approximate surface area is 163 Å². The van der Waals surface area contributed by atoms with Crippen molar-refractivity contribution in [2.75, 3.05) is 5.32 Å². The molecule has 0 aromatic heterocycles. The van der Waals surface area contributed by atoms with Gasteiger partial charge < -0.3 is 5.32 Å². The second-order valence-electron chi connectivity index (χ2n) is 6.67. The number of nitrogens with one attached hydrogen (secondary N) is 1. The number of benzene rings is 4. The molecule has 0 spiro atoms. The van der Waals surface area contributed by atoms with Crippen LogP contribution >= 0.6 is 11.6 Å². The lowest BCUT2D eigenvalue weighted by atomic mass is 9.91. The minimum absolute atomic E-state index is 0.0563. The summed E-state index contributed by atoms with van der Waals surface area (Å²) >= 11 is 6.06. The van der Waals surface area contributed by atoms with Crippen molar-refractivity contribution in [3.05, 3.63) is 113 Å². The normalized spacial score (nSPS) is 15.7. The maximum absolute atomic E-state index is 6.06. The van der Waals surface area contributed by atoms with E-state index in [1.807, 2.05) is 30.3 Å². The summed E-state index contributed by atoms with van der Waals surface area (Å²) in [5, 5.41) is 6.71. The van der Waals surface area contributed by atoms with Crippen LogP contribution < -0.4 is 5.32 Å². The molecule has 1 aliphatic heterocycles. The van der Waals surface area contributed by atoms with Crippen LogP contribution in [-0.4, -0.2) is 5.84 Å². The van der Waals surface area contributed by atoms with Crippen LogP contribution in [0.2, 0.25) is 5.02 Å². The molecule has 0 saturated heterocycles. The lowest BCUT2D eigenvalue weighted by Gasteiger charge is -2.27. The number of hydrogen-bond acceptors (Lipinski definition) is 2. The molecule has 0 fully saturated rings. The third kappa shape index (κ3) is 2.88. The lowest BCUT2D eigenvalue weighted by molar-refractivity contribution is 0.872. The van der Waals surface area contributed by atoms with Gasteiger partial charge in [0.05, 0.1) is 0 Å². The second kappa shape index (κ2) is 6.57. The van der Waals surface area contributed by atoms with Gasteiger partial charge in [0.2, 0.25) is 0 Å². The fraction of sp³-hybridized carbons (Fsp3) is 0.0417. The average Bonchev–Trinajstić information content (AvgIpc) is 2.74. The molecule has 27 heavy (non-hydrogen) atoms. The average molecular weight is 369 g/mol. The van der Waals surface area contributed by atoms with E-state index in [2.05, 4.69) is 66.0 Å². The molecule has 0 radical (unpaired) electrons. The second-order valence-corrected chi connectivity index (χ2v) is 7.11. The van der Waals surface area contributed by atoms with Crippen molar-refractivity contribution in [3.63, 3.8) is 0 Å². The van der Waals surface area contributed by atoms with Crippen LogP contribution in [0.1, 0.15) is 22.7 Å². The first kappa shape index (κ1) is 16.1. The highest BCUT2D eigenvalue weighted by molar-refractivity contribution is 6.30. The summed E-state index contributed by atoms with van der Waals surface area (Å²) in [6, 6.07) is 31.0. The first-order valence-electron chi connectivity index (χ1n) is 8.97. The van der Waals surface area contributed by atoms with Crippen molar-refractivity contribution in [2.45, 2.75) is 6.04 Å². The van der Waals surface area contributed by atoms with E-state index in [-0.39, 0.29) is 6.04 Å². The van der Waals surface area contributed by atoms with Gasteiger partial charge in [0.15, 0.2) is 0 Å². The Kier molecular flexibility index (Phi) is 3.92. The minimum atomic E-state index is -0.0563. The molecule has 1 unspecified atom stereocenters. The van der Waals surface area contributed by atoms with Gasteiger partial charge in [-0.1, -0.05) is 72.3 Å². The van der Waals surface area contributed by atoms with Crippen molar-refractivity contribution in [2.24, 2.45) is 4.99 Å². The maximum atomic E-state index is 6.06. The van der Waals surface area contributed by atoms with Crippen LogP contribution in [0.3, 0.4) is 0 Å². The summed E-state index contributed by atoms with van der Waals surface area (Å²) in [5.74, 6) is 0.864. The van der Waals surface area contributed by atoms with Crippen molar-refractivity contribution in [1.29, 1.82) is 0 Å². The van der Waals surface area contributed by atoms with Gasteiger partial charge in [-0.05, 0) is 46.7 Å². The van der Waals surface area contributed by atoms with Gasteiger partial charge in [-0.2, -0.15) is 0 Å². The topological polar surface area (TPSA) is 24.4 Å². The molecular formula is C24H17ClN2. The largest absolute Gasteiger partial charge is 0.340 e. The highest BCUT2D eigenvalue weighted by Gasteiger charge is 2.25. The smallest absolute Gasteiger partial charge is 0.133 e. The fourth-order valence-electron chi connectivity index (χ4n) is 3.68. The van der Waals surface area contributed by atoms with E-state index in [0.29, 0.717) is 0 Å². The van der Waals surface area contributed by atoms with Crippen LogP contribution in [0.5, 0.6) is 0 Å². The van der Waals surface area contributed by atoms with Gasteiger partial charge in [0.25, 0.3) is 0 Å². The standard InChI is InChI=1S/C24H17ClN2/c25-19-13-10-18(11-14-19)24-26-21-15-12-16-6-4-5-9-20(16)22(21)23(27-24)17-7-2-1-3-8-17/h1-15,23H,(H,26,27). The SMILES string of the molecule is Clc1ccc(C2=NC(c3ccccc3)c3c(ccc4ccccc34)N2)cc1. The van der Waals surface area contributed by atoms with E-state index >= 15 is 0 Å². The third-order valence-electron chi connectivity index (χ3n) is 4.99. The van der Waals surface area contributed by atoms with E-state index in [4.69, 9.17) is 16.6 Å². The molecule has 1 N–H and O–H groups in total. The van der Waals surface area contributed by atoms with Crippen LogP contribution in [0, 0.1) is 0 Å². The van der Waals surface area contributed by atoms with Gasteiger partial charge in [0, 0.05) is 21.8 Å². The molecule has 1 atom stereocenters. The van der Waals surface area contributed by atoms with E-state index in [1.54, 1.807) is 0 Å². The van der Waals surface area contributed by atoms with Gasteiger partial charge in [-0.15, -0.1) is 0 Å². The predicted molar refractivity (Wildman–Crippen MR) is 114 cm³/mol. The Morgan fingerprint density at radius 2 is 1.48 bits per heavy atom. The van der Waals surface area contributed by atoms with Crippen molar-refractivity contribution < 1.29 is 0 Å². The summed E-state index contributed by atoms with van der Waals surface area (Å²) < 4.78 is 0. The first-order valence-corrected chi connectivity index (χ1v) is 9.35. The molecule has 2 nitrogen and oxygen atoms in total. The number of fused-ring (bicyclic) bond motifs is 3. The van der Waals surface area contributed by atoms with Crippen LogP contribution in [0.25, 0.3) is 10.8 Å². The molecule has 0 saturated carbocycles. The first-order chi connectivity index (χ1) is 13.3. The molecule has 1 heterocycles. The molecular weight excluding hydrogens is 352 g/mol. The van der Waals surface area contributed by atoms with Crippen LogP contribution in [0.4, 0.5) is 5.69 Å². The Bertz CT molecular complexity index is 1150. The van der Waals surface area contributed by atoms with Crippen molar-refractivity contribution in [1.82, 2.24) is 0 Å². The van der Waals surface area contributed by atoms with E-state index in [9.17, 15) is 0 Å². The summed E-state index contributed by atoms with van der Waals surface area (Å²) in [6.07, 6.45) is 0. The summed E-state index contributed by atoms with van der Waals surface area (Å²) in [4.78, 5) is 5.11. The van der Waals surface area contributed by atoms with Crippen molar-refractivity contribution in [3.8, 4) is 0 Å². The Morgan fingerprint density at radius 1 is 0.741 bits per heavy atom. The van der Waals surface area contributed by atoms with Gasteiger partial charge in [-0.25, -0.2) is 0 Å². The Hall–Kier alpha value is -3.10. The quantitative estimate of drug-likeness (QED) is 0.431. The third-order valence-corrected chi connectivity index (χ3v) is 5.24. The van der Waals surface area contributed by atoms with E-state index in [0.717, 1.165) is 22.1 Å². The number of hydrogen-bond donors (Lipinski definition) is 1. The summed E-state index contributed by atoms with van der Waals surface area (Å²) in [6.45, 7) is 0. The predicted octanol–water partition coefficient (Wildman–Crippen LogP) is 6.45. The number of halogens is 1. The van der Waals surface area contributed by atoms with Crippen LogP contribution in [0.15, 0.2) is 96.0 Å². The zero-order chi connectivity index (χ0) is 18.2. The lowest BCUT2D eigenvalue weighted by Crippen LogP contribution is -2.22. The van der Waals surface area contributed by atoms with E-state index < -0.39 is 0 Å². The zero-order valence-corrected chi connectivity index (χ0v) is 15.3. The molecule has 130 valence electrons. The highest BCUT2D eigenvalue weighted by atomic mass is 35.5. The molecule has 0 amide bonds. The fourth-order valence-corrected chi connectivity index (χ4v) is 3.81.